The molecular weight excluding hydrogens is 333 g/mol. The first kappa shape index (κ1) is 16.0. The summed E-state index contributed by atoms with van der Waals surface area (Å²) in [4.78, 5) is 17.7. The van der Waals surface area contributed by atoms with Crippen molar-refractivity contribution in [3.05, 3.63) is 69.7 Å². The molecule has 0 bridgehead atoms. The summed E-state index contributed by atoms with van der Waals surface area (Å²) in [7, 11) is 0. The molecule has 0 unspecified atom stereocenters. The van der Waals surface area contributed by atoms with Crippen LogP contribution in [-0.4, -0.2) is 18.1 Å². The van der Waals surface area contributed by atoms with Crippen LogP contribution in [0.5, 0.6) is 0 Å². The van der Waals surface area contributed by atoms with E-state index in [1.807, 2.05) is 30.3 Å². The number of hydrogen-bond acceptors (Lipinski definition) is 3. The number of hydrogen-bond donors (Lipinski definition) is 0. The molecule has 1 aliphatic heterocycles. The Morgan fingerprint density at radius 3 is 2.61 bits per heavy atom. The van der Waals surface area contributed by atoms with E-state index in [0.717, 1.165) is 17.5 Å². The summed E-state index contributed by atoms with van der Waals surface area (Å²) in [5.74, 6) is -0.0468. The van der Waals surface area contributed by atoms with Gasteiger partial charge in [0, 0.05) is 12.3 Å². The molecule has 0 saturated carbocycles. The number of oxime groups is 1. The van der Waals surface area contributed by atoms with Crippen molar-refractivity contribution in [3.63, 3.8) is 0 Å². The summed E-state index contributed by atoms with van der Waals surface area (Å²) in [6, 6.07) is 15.2. The summed E-state index contributed by atoms with van der Waals surface area (Å²) in [5, 5.41) is 4.88. The van der Waals surface area contributed by atoms with Crippen LogP contribution in [0.15, 0.2) is 53.7 Å². The van der Waals surface area contributed by atoms with Crippen LogP contribution < -0.4 is 0 Å². The molecule has 0 N–H and O–H groups in total. The second kappa shape index (κ2) is 7.16. The van der Waals surface area contributed by atoms with Gasteiger partial charge in [0.2, 0.25) is 0 Å². The highest BCUT2D eigenvalue weighted by molar-refractivity contribution is 6.42. The van der Waals surface area contributed by atoms with Crippen LogP contribution in [0.4, 0.5) is 0 Å². The minimum absolute atomic E-state index is 0.00679. The Labute approximate surface area is 144 Å². The smallest absolute Gasteiger partial charge is 0.185 e. The van der Waals surface area contributed by atoms with Crippen molar-refractivity contribution in [2.45, 2.75) is 12.8 Å². The van der Waals surface area contributed by atoms with E-state index in [-0.39, 0.29) is 18.1 Å². The molecule has 0 aliphatic carbocycles. The van der Waals surface area contributed by atoms with Gasteiger partial charge in [0.25, 0.3) is 0 Å². The highest BCUT2D eigenvalue weighted by Gasteiger charge is 2.29. The largest absolute Gasteiger partial charge is 0.395 e. The van der Waals surface area contributed by atoms with Crippen LogP contribution in [0.25, 0.3) is 0 Å². The third-order valence-corrected chi connectivity index (χ3v) is 4.52. The van der Waals surface area contributed by atoms with Crippen LogP contribution in [0.1, 0.15) is 11.1 Å². The maximum Gasteiger partial charge on any atom is 0.185 e. The molecule has 3 rings (SSSR count). The molecule has 0 aromatic heterocycles. The fraction of sp³-hybridized carbons (Fsp3) is 0.222. The van der Waals surface area contributed by atoms with Gasteiger partial charge in [-0.2, -0.15) is 0 Å². The molecule has 0 spiro atoms. The Hall–Kier alpha value is -1.84. The quantitative estimate of drug-likeness (QED) is 0.806. The van der Waals surface area contributed by atoms with Crippen molar-refractivity contribution in [2.75, 3.05) is 6.61 Å². The Bertz CT molecular complexity index is 744. The second-order valence-corrected chi connectivity index (χ2v) is 6.32. The monoisotopic (exact) mass is 347 g/mol. The van der Waals surface area contributed by atoms with E-state index in [0.29, 0.717) is 22.4 Å². The van der Waals surface area contributed by atoms with Crippen LogP contribution in [0.3, 0.4) is 0 Å². The highest BCUT2D eigenvalue weighted by Crippen LogP contribution is 2.24. The maximum absolute atomic E-state index is 12.5. The van der Waals surface area contributed by atoms with Crippen molar-refractivity contribution < 1.29 is 9.63 Å². The highest BCUT2D eigenvalue weighted by atomic mass is 35.5. The van der Waals surface area contributed by atoms with Gasteiger partial charge in [-0.3, -0.25) is 4.79 Å². The van der Waals surface area contributed by atoms with Crippen LogP contribution in [0.2, 0.25) is 10.0 Å². The molecular formula is C18H15Cl2NO2. The van der Waals surface area contributed by atoms with E-state index in [1.54, 1.807) is 18.2 Å². The van der Waals surface area contributed by atoms with Crippen LogP contribution in [-0.2, 0) is 22.5 Å². The minimum Gasteiger partial charge on any atom is -0.395 e. The molecule has 2 aromatic carbocycles. The summed E-state index contributed by atoms with van der Waals surface area (Å²) in [6.45, 7) is 0.442. The molecule has 1 heterocycles. The lowest BCUT2D eigenvalue weighted by molar-refractivity contribution is -0.112. The van der Waals surface area contributed by atoms with Gasteiger partial charge in [-0.15, -0.1) is 0 Å². The maximum atomic E-state index is 12.5. The van der Waals surface area contributed by atoms with Gasteiger partial charge < -0.3 is 4.84 Å². The number of benzene rings is 2. The van der Waals surface area contributed by atoms with Crippen molar-refractivity contribution in [1.29, 1.82) is 0 Å². The van der Waals surface area contributed by atoms with Gasteiger partial charge in [-0.25, -0.2) is 0 Å². The second-order valence-electron chi connectivity index (χ2n) is 5.51. The van der Waals surface area contributed by atoms with Gasteiger partial charge >= 0.3 is 0 Å². The fourth-order valence-corrected chi connectivity index (χ4v) is 2.93. The van der Waals surface area contributed by atoms with Gasteiger partial charge in [0.05, 0.1) is 10.0 Å². The minimum atomic E-state index is -0.0400. The number of ketones is 1. The van der Waals surface area contributed by atoms with Crippen molar-refractivity contribution in [2.24, 2.45) is 11.1 Å². The molecule has 1 aliphatic rings. The zero-order valence-electron chi connectivity index (χ0n) is 12.3. The Kier molecular flexibility index (Phi) is 4.99. The average molecular weight is 348 g/mol. The molecule has 2 aromatic rings. The molecule has 0 saturated heterocycles. The van der Waals surface area contributed by atoms with E-state index >= 15 is 0 Å². The predicted octanol–water partition coefficient (Wildman–Crippen LogP) is 4.35. The van der Waals surface area contributed by atoms with Gasteiger partial charge in [0.15, 0.2) is 5.78 Å². The van der Waals surface area contributed by atoms with Crippen molar-refractivity contribution in [1.82, 2.24) is 0 Å². The Morgan fingerprint density at radius 2 is 1.87 bits per heavy atom. The summed E-state index contributed by atoms with van der Waals surface area (Å²) < 4.78 is 0. The summed E-state index contributed by atoms with van der Waals surface area (Å²) >= 11 is 11.9. The average Bonchev–Trinajstić information content (AvgIpc) is 3.00. The van der Waals surface area contributed by atoms with E-state index in [2.05, 4.69) is 5.16 Å². The van der Waals surface area contributed by atoms with Gasteiger partial charge in [-0.05, 0) is 29.7 Å². The molecule has 0 radical (unpaired) electrons. The van der Waals surface area contributed by atoms with Gasteiger partial charge in [0.1, 0.15) is 12.3 Å². The topological polar surface area (TPSA) is 38.7 Å². The molecule has 118 valence electrons. The number of carbonyl (C=O) groups is 1. The first-order valence-corrected chi connectivity index (χ1v) is 8.10. The lowest BCUT2D eigenvalue weighted by Gasteiger charge is -2.10. The SMILES string of the molecule is O=C(Cc1ccc(Cl)c(Cl)c1)C1=NOC[C@H]1Cc1ccccc1. The summed E-state index contributed by atoms with van der Waals surface area (Å²) in [5.41, 5.74) is 2.48. The molecule has 0 amide bonds. The lowest BCUT2D eigenvalue weighted by atomic mass is 9.91. The zero-order valence-corrected chi connectivity index (χ0v) is 13.8. The molecule has 1 atom stereocenters. The van der Waals surface area contributed by atoms with E-state index in [4.69, 9.17) is 28.0 Å². The summed E-state index contributed by atoms with van der Waals surface area (Å²) in [6.07, 6.45) is 0.983. The Balaban J connectivity index is 1.69. The third kappa shape index (κ3) is 3.92. The van der Waals surface area contributed by atoms with Crippen molar-refractivity contribution >= 4 is 34.7 Å². The van der Waals surface area contributed by atoms with E-state index in [9.17, 15) is 4.79 Å². The predicted molar refractivity (Wildman–Crippen MR) is 92.2 cm³/mol. The number of rotatable bonds is 5. The molecule has 23 heavy (non-hydrogen) atoms. The number of carbonyl (C=O) groups excluding carboxylic acids is 1. The molecule has 0 fully saturated rings. The normalized spacial score (nSPS) is 16.8. The number of nitrogens with zero attached hydrogens (tertiary/aromatic N) is 1. The third-order valence-electron chi connectivity index (χ3n) is 3.78. The molecule has 3 nitrogen and oxygen atoms in total. The van der Waals surface area contributed by atoms with Crippen LogP contribution in [0, 0.1) is 5.92 Å². The first-order chi connectivity index (χ1) is 11.1. The zero-order chi connectivity index (χ0) is 16.2. The standard InChI is InChI=1S/C18H15Cl2NO2/c19-15-7-6-13(9-16(15)20)10-17(22)18-14(11-23-21-18)8-12-4-2-1-3-5-12/h1-7,9,14H,8,10-11H2/t14-/m1/s1. The number of Topliss-reactive ketones (excluding diaryl/α,β-unsaturated/α-hetero) is 1. The van der Waals surface area contributed by atoms with Crippen molar-refractivity contribution in [3.8, 4) is 0 Å². The fourth-order valence-electron chi connectivity index (χ4n) is 2.61. The van der Waals surface area contributed by atoms with E-state index < -0.39 is 0 Å². The number of halogens is 2. The van der Waals surface area contributed by atoms with Crippen LogP contribution >= 0.6 is 23.2 Å². The first-order valence-electron chi connectivity index (χ1n) is 7.34. The molecule has 5 heteroatoms. The van der Waals surface area contributed by atoms with Gasteiger partial charge in [-0.1, -0.05) is 64.8 Å². The lowest BCUT2D eigenvalue weighted by Crippen LogP contribution is -2.25. The van der Waals surface area contributed by atoms with E-state index in [1.165, 1.54) is 0 Å². The Morgan fingerprint density at radius 1 is 1.09 bits per heavy atom.